The van der Waals surface area contributed by atoms with Gasteiger partial charge in [0.1, 0.15) is 0 Å². The molecule has 0 radical (unpaired) electrons. The van der Waals surface area contributed by atoms with Crippen molar-refractivity contribution < 1.29 is 13.3 Å². The van der Waals surface area contributed by atoms with E-state index in [2.05, 4.69) is 5.32 Å². The third-order valence-electron chi connectivity index (χ3n) is 4.38. The van der Waals surface area contributed by atoms with Gasteiger partial charge in [-0.1, -0.05) is 23.7 Å². The molecule has 2 aromatic carbocycles. The van der Waals surface area contributed by atoms with Crippen LogP contribution in [0.1, 0.15) is 17.2 Å². The van der Waals surface area contributed by atoms with E-state index in [1.807, 2.05) is 6.07 Å². The molecule has 1 unspecified atom stereocenters. The Balaban J connectivity index is 2.02. The van der Waals surface area contributed by atoms with Gasteiger partial charge in [-0.3, -0.25) is 10.1 Å². The minimum absolute atomic E-state index is 0.0806. The second kappa shape index (κ2) is 7.32. The predicted molar refractivity (Wildman–Crippen MR) is 98.8 cm³/mol. The summed E-state index contributed by atoms with van der Waals surface area (Å²) in [5, 5.41) is 14.7. The van der Waals surface area contributed by atoms with Gasteiger partial charge < -0.3 is 5.32 Å². The first-order chi connectivity index (χ1) is 12.3. The van der Waals surface area contributed by atoms with E-state index >= 15 is 0 Å². The highest BCUT2D eigenvalue weighted by Gasteiger charge is 2.35. The second-order valence-corrected chi connectivity index (χ2v) is 8.39. The molecule has 0 spiro atoms. The van der Waals surface area contributed by atoms with Gasteiger partial charge in [0.2, 0.25) is 10.0 Å². The van der Waals surface area contributed by atoms with Crippen molar-refractivity contribution in [3.05, 3.63) is 68.7 Å². The molecule has 1 atom stereocenters. The Morgan fingerprint density at radius 2 is 2.04 bits per heavy atom. The minimum atomic E-state index is -3.82. The summed E-state index contributed by atoms with van der Waals surface area (Å²) in [5.74, 6) is 0. The van der Waals surface area contributed by atoms with E-state index in [4.69, 9.17) is 11.6 Å². The van der Waals surface area contributed by atoms with Crippen LogP contribution in [0, 0.1) is 17.0 Å². The van der Waals surface area contributed by atoms with E-state index in [0.29, 0.717) is 30.2 Å². The first-order valence-electron chi connectivity index (χ1n) is 8.04. The number of aryl methyl sites for hydroxylation is 1. The van der Waals surface area contributed by atoms with Crippen LogP contribution in [-0.4, -0.2) is 37.3 Å². The van der Waals surface area contributed by atoms with Gasteiger partial charge in [-0.15, -0.1) is 0 Å². The Morgan fingerprint density at radius 1 is 1.27 bits per heavy atom. The Morgan fingerprint density at radius 3 is 2.69 bits per heavy atom. The van der Waals surface area contributed by atoms with E-state index in [1.54, 1.807) is 25.1 Å². The van der Waals surface area contributed by atoms with E-state index in [9.17, 15) is 18.5 Å². The summed E-state index contributed by atoms with van der Waals surface area (Å²) in [4.78, 5) is 10.5. The van der Waals surface area contributed by atoms with Crippen molar-refractivity contribution in [3.63, 3.8) is 0 Å². The number of hydrogen-bond acceptors (Lipinski definition) is 5. The molecule has 26 heavy (non-hydrogen) atoms. The van der Waals surface area contributed by atoms with Gasteiger partial charge in [0.25, 0.3) is 5.69 Å². The number of non-ortho nitro benzene ring substituents is 1. The molecule has 9 heteroatoms. The van der Waals surface area contributed by atoms with Gasteiger partial charge in [0.15, 0.2) is 0 Å². The largest absolute Gasteiger partial charge is 0.313 e. The van der Waals surface area contributed by atoms with Crippen molar-refractivity contribution in [1.29, 1.82) is 0 Å². The second-order valence-electron chi connectivity index (χ2n) is 6.10. The average molecular weight is 396 g/mol. The molecule has 7 nitrogen and oxygen atoms in total. The number of nitrogens with zero attached hydrogens (tertiary/aromatic N) is 2. The third-order valence-corrected chi connectivity index (χ3v) is 6.69. The summed E-state index contributed by atoms with van der Waals surface area (Å²) >= 11 is 6.06. The lowest BCUT2D eigenvalue weighted by Gasteiger charge is -2.35. The third kappa shape index (κ3) is 3.59. The molecule has 0 bridgehead atoms. The lowest BCUT2D eigenvalue weighted by Crippen LogP contribution is -2.48. The molecule has 1 fully saturated rings. The summed E-state index contributed by atoms with van der Waals surface area (Å²) < 4.78 is 27.9. The number of nitro groups is 1. The molecular formula is C17H18ClN3O4S. The molecule has 138 valence electrons. The molecule has 3 rings (SSSR count). The van der Waals surface area contributed by atoms with Gasteiger partial charge in [0, 0.05) is 36.8 Å². The van der Waals surface area contributed by atoms with Crippen molar-refractivity contribution in [2.24, 2.45) is 0 Å². The van der Waals surface area contributed by atoms with Crippen LogP contribution in [-0.2, 0) is 10.0 Å². The molecule has 1 heterocycles. The fourth-order valence-electron chi connectivity index (χ4n) is 3.13. The Labute approximate surface area is 156 Å². The van der Waals surface area contributed by atoms with Crippen LogP contribution in [0.3, 0.4) is 0 Å². The van der Waals surface area contributed by atoms with E-state index in [-0.39, 0.29) is 10.6 Å². The first kappa shape index (κ1) is 18.8. The van der Waals surface area contributed by atoms with Gasteiger partial charge in [0.05, 0.1) is 15.9 Å². The zero-order valence-corrected chi connectivity index (χ0v) is 15.6. The first-order valence-corrected chi connectivity index (χ1v) is 9.85. The molecule has 0 saturated carbocycles. The predicted octanol–water partition coefficient (Wildman–Crippen LogP) is 2.89. The van der Waals surface area contributed by atoms with Crippen LogP contribution in [0.5, 0.6) is 0 Å². The highest BCUT2D eigenvalue weighted by atomic mass is 35.5. The quantitative estimate of drug-likeness (QED) is 0.634. The molecule has 1 N–H and O–H groups in total. The van der Waals surface area contributed by atoms with Crippen LogP contribution < -0.4 is 5.32 Å². The standard InChI is InChI=1S/C17H18ClN3O4S/c1-12-9-15(21(22)23)5-6-17(12)26(24,25)20-8-7-19-11-16(20)13-3-2-4-14(18)10-13/h2-6,9-10,16,19H,7-8,11H2,1H3. The topological polar surface area (TPSA) is 92.5 Å². The van der Waals surface area contributed by atoms with E-state index in [0.717, 1.165) is 5.56 Å². The summed E-state index contributed by atoms with van der Waals surface area (Å²) in [5.41, 5.74) is 1.02. The molecule has 0 aromatic heterocycles. The Bertz CT molecular complexity index is 949. The van der Waals surface area contributed by atoms with Crippen molar-refractivity contribution >= 4 is 27.3 Å². The molecule has 2 aromatic rings. The number of nitro benzene ring substituents is 1. The highest BCUT2D eigenvalue weighted by molar-refractivity contribution is 7.89. The van der Waals surface area contributed by atoms with Gasteiger partial charge >= 0.3 is 0 Å². The normalized spacial score (nSPS) is 18.6. The molecule has 1 saturated heterocycles. The lowest BCUT2D eigenvalue weighted by molar-refractivity contribution is -0.385. The van der Waals surface area contributed by atoms with Gasteiger partial charge in [-0.2, -0.15) is 4.31 Å². The number of rotatable bonds is 4. The lowest BCUT2D eigenvalue weighted by atomic mass is 10.1. The smallest absolute Gasteiger partial charge is 0.269 e. The molecule has 0 aliphatic carbocycles. The van der Waals surface area contributed by atoms with Crippen LogP contribution in [0.2, 0.25) is 5.02 Å². The van der Waals surface area contributed by atoms with Crippen LogP contribution in [0.4, 0.5) is 5.69 Å². The van der Waals surface area contributed by atoms with Crippen molar-refractivity contribution in [3.8, 4) is 0 Å². The Kier molecular flexibility index (Phi) is 5.29. The summed E-state index contributed by atoms with van der Waals surface area (Å²) in [6.07, 6.45) is 0. The maximum Gasteiger partial charge on any atom is 0.269 e. The molecule has 0 amide bonds. The zero-order chi connectivity index (χ0) is 18.9. The molecular weight excluding hydrogens is 378 g/mol. The van der Waals surface area contributed by atoms with E-state index in [1.165, 1.54) is 22.5 Å². The Hall–Kier alpha value is -2.00. The molecule has 1 aliphatic rings. The monoisotopic (exact) mass is 395 g/mol. The fraction of sp³-hybridized carbons (Fsp3) is 0.294. The number of halogens is 1. The molecule has 1 aliphatic heterocycles. The summed E-state index contributed by atoms with van der Waals surface area (Å²) in [6, 6.07) is 10.5. The van der Waals surface area contributed by atoms with Crippen molar-refractivity contribution in [1.82, 2.24) is 9.62 Å². The summed E-state index contributed by atoms with van der Waals surface area (Å²) in [7, 11) is -3.82. The summed E-state index contributed by atoms with van der Waals surface area (Å²) in [6.45, 7) is 2.86. The maximum absolute atomic E-state index is 13.3. The number of piperazine rings is 1. The maximum atomic E-state index is 13.3. The average Bonchev–Trinajstić information content (AvgIpc) is 2.61. The van der Waals surface area contributed by atoms with Gasteiger partial charge in [-0.05, 0) is 36.2 Å². The van der Waals surface area contributed by atoms with Crippen LogP contribution in [0.15, 0.2) is 47.4 Å². The van der Waals surface area contributed by atoms with Crippen LogP contribution in [0.25, 0.3) is 0 Å². The van der Waals surface area contributed by atoms with Crippen molar-refractivity contribution in [2.45, 2.75) is 17.9 Å². The van der Waals surface area contributed by atoms with Gasteiger partial charge in [-0.25, -0.2) is 8.42 Å². The van der Waals surface area contributed by atoms with E-state index < -0.39 is 21.0 Å². The van der Waals surface area contributed by atoms with Crippen molar-refractivity contribution in [2.75, 3.05) is 19.6 Å². The number of nitrogens with one attached hydrogen (secondary N) is 1. The highest BCUT2D eigenvalue weighted by Crippen LogP contribution is 2.32. The zero-order valence-electron chi connectivity index (χ0n) is 14.1. The minimum Gasteiger partial charge on any atom is -0.313 e. The fourth-order valence-corrected chi connectivity index (χ4v) is 5.15. The number of sulfonamides is 1. The number of hydrogen-bond donors (Lipinski definition) is 1. The van der Waals surface area contributed by atoms with Crippen LogP contribution >= 0.6 is 11.6 Å². The SMILES string of the molecule is Cc1cc([N+](=O)[O-])ccc1S(=O)(=O)N1CCNCC1c1cccc(Cl)c1. The number of benzene rings is 2.